The van der Waals surface area contributed by atoms with Crippen LogP contribution in [0.25, 0.3) is 0 Å². The number of ether oxygens (including phenoxy) is 1. The second kappa shape index (κ2) is 8.93. The fraction of sp³-hybridized carbons (Fsp3) is 0.667. The van der Waals surface area contributed by atoms with Crippen molar-refractivity contribution in [1.82, 2.24) is 0 Å². The smallest absolute Gasteiger partial charge is 0.155 e. The maximum absolute atomic E-state index is 12.0. The number of hydrogen-bond acceptors (Lipinski definition) is 3. The van der Waals surface area contributed by atoms with E-state index in [1.165, 1.54) is 5.56 Å². The molecule has 0 saturated carbocycles. The Morgan fingerprint density at radius 1 is 1.04 bits per heavy atom. The molecule has 132 valence electrons. The molecule has 23 heavy (non-hydrogen) atoms. The number of unbranched alkanes of at least 4 members (excludes halogenated alkanes) is 4. The van der Waals surface area contributed by atoms with Gasteiger partial charge in [-0.2, -0.15) is 0 Å². The van der Waals surface area contributed by atoms with E-state index in [1.807, 2.05) is 18.2 Å². The average Bonchev–Trinajstić information content (AvgIpc) is 2.45. The topological polar surface area (TPSA) is 43.4 Å². The molecular formula is C18H29ClO3S. The number of halogens is 1. The first-order chi connectivity index (χ1) is 10.7. The van der Waals surface area contributed by atoms with Crippen molar-refractivity contribution >= 4 is 21.4 Å². The van der Waals surface area contributed by atoms with E-state index in [0.717, 1.165) is 38.5 Å². The Balaban J connectivity index is 2.20. The molecule has 1 aromatic carbocycles. The van der Waals surface area contributed by atoms with Crippen LogP contribution in [0, 0.1) is 0 Å². The molecule has 0 unspecified atom stereocenters. The second-order valence-electron chi connectivity index (χ2n) is 6.92. The van der Waals surface area contributed by atoms with Crippen molar-refractivity contribution in [3.63, 3.8) is 0 Å². The van der Waals surface area contributed by atoms with Gasteiger partial charge in [-0.3, -0.25) is 0 Å². The minimum Gasteiger partial charge on any atom is -0.495 e. The molecule has 0 spiro atoms. The lowest BCUT2D eigenvalue weighted by atomic mass is 10.1. The van der Waals surface area contributed by atoms with E-state index in [4.69, 9.17) is 16.3 Å². The summed E-state index contributed by atoms with van der Waals surface area (Å²) >= 11 is 6.11. The Morgan fingerprint density at radius 3 is 2.22 bits per heavy atom. The molecule has 0 aliphatic rings. The third-order valence-electron chi connectivity index (χ3n) is 4.03. The van der Waals surface area contributed by atoms with Crippen LogP contribution in [0.2, 0.25) is 5.02 Å². The monoisotopic (exact) mass is 360 g/mol. The number of hydrogen-bond donors (Lipinski definition) is 0. The predicted octanol–water partition coefficient (Wildman–Crippen LogP) is 5.05. The molecule has 0 N–H and O–H groups in total. The lowest BCUT2D eigenvalue weighted by molar-refractivity contribution is 0.415. The number of methoxy groups -OCH3 is 1. The largest absolute Gasteiger partial charge is 0.495 e. The maximum Gasteiger partial charge on any atom is 0.155 e. The predicted molar refractivity (Wildman–Crippen MR) is 98.3 cm³/mol. The minimum absolute atomic E-state index is 0.296. The lowest BCUT2D eigenvalue weighted by Crippen LogP contribution is -2.30. The molecule has 5 heteroatoms. The van der Waals surface area contributed by atoms with Gasteiger partial charge in [0.15, 0.2) is 9.84 Å². The van der Waals surface area contributed by atoms with Gasteiger partial charge in [0.25, 0.3) is 0 Å². The van der Waals surface area contributed by atoms with Gasteiger partial charge in [0.2, 0.25) is 0 Å². The Labute approximate surface area is 146 Å². The molecule has 0 bridgehead atoms. The summed E-state index contributed by atoms with van der Waals surface area (Å²) in [5.74, 6) is 1.00. The summed E-state index contributed by atoms with van der Waals surface area (Å²) in [4.78, 5) is 0. The van der Waals surface area contributed by atoms with Crippen LogP contribution in [0.4, 0.5) is 0 Å². The molecule has 1 rings (SSSR count). The molecule has 0 atom stereocenters. The highest BCUT2D eigenvalue weighted by Crippen LogP contribution is 2.25. The van der Waals surface area contributed by atoms with Gasteiger partial charge < -0.3 is 4.74 Å². The van der Waals surface area contributed by atoms with E-state index < -0.39 is 14.6 Å². The standard InChI is InChI=1S/C18H29ClO3S/c1-18(2,3)23(20,21)13-9-7-5-6-8-10-15-11-12-17(22-4)16(19)14-15/h11-12,14H,5-10,13H2,1-4H3. The highest BCUT2D eigenvalue weighted by Gasteiger charge is 2.27. The maximum atomic E-state index is 12.0. The first kappa shape index (κ1) is 20.3. The second-order valence-corrected chi connectivity index (χ2v) is 10.2. The van der Waals surface area contributed by atoms with E-state index >= 15 is 0 Å². The van der Waals surface area contributed by atoms with E-state index in [1.54, 1.807) is 27.9 Å². The van der Waals surface area contributed by atoms with Gasteiger partial charge in [-0.25, -0.2) is 8.42 Å². The van der Waals surface area contributed by atoms with Crippen molar-refractivity contribution in [3.8, 4) is 5.75 Å². The first-order valence-electron chi connectivity index (χ1n) is 8.22. The van der Waals surface area contributed by atoms with Crippen LogP contribution in [-0.2, 0) is 16.3 Å². The number of rotatable bonds is 9. The van der Waals surface area contributed by atoms with Gasteiger partial charge >= 0.3 is 0 Å². The third-order valence-corrected chi connectivity index (χ3v) is 7.02. The molecule has 0 radical (unpaired) electrons. The van der Waals surface area contributed by atoms with Gasteiger partial charge in [0.1, 0.15) is 5.75 Å². The summed E-state index contributed by atoms with van der Waals surface area (Å²) in [7, 11) is -1.36. The van der Waals surface area contributed by atoms with Crippen molar-refractivity contribution in [2.45, 2.75) is 64.0 Å². The number of aryl methyl sites for hydroxylation is 1. The summed E-state index contributed by atoms with van der Waals surface area (Å²) in [6.07, 6.45) is 5.99. The molecule has 0 heterocycles. The van der Waals surface area contributed by atoms with Crippen LogP contribution in [0.1, 0.15) is 58.4 Å². The first-order valence-corrected chi connectivity index (χ1v) is 10.2. The summed E-state index contributed by atoms with van der Waals surface area (Å²) < 4.78 is 28.5. The molecule has 3 nitrogen and oxygen atoms in total. The SMILES string of the molecule is COc1ccc(CCCCCCCS(=O)(=O)C(C)(C)C)cc1Cl. The molecule has 0 aliphatic carbocycles. The third kappa shape index (κ3) is 6.72. The van der Waals surface area contributed by atoms with Gasteiger partial charge in [-0.1, -0.05) is 36.9 Å². The van der Waals surface area contributed by atoms with E-state index in [-0.39, 0.29) is 0 Å². The van der Waals surface area contributed by atoms with E-state index in [0.29, 0.717) is 16.5 Å². The summed E-state index contributed by atoms with van der Waals surface area (Å²) in [5, 5.41) is 0.650. The molecule has 1 aromatic rings. The summed E-state index contributed by atoms with van der Waals surface area (Å²) in [6.45, 7) is 5.30. The normalized spacial score (nSPS) is 12.4. The summed E-state index contributed by atoms with van der Waals surface area (Å²) in [5.41, 5.74) is 1.21. The quantitative estimate of drug-likeness (QED) is 0.578. The Hall–Kier alpha value is -0.740. The molecule has 0 aliphatic heterocycles. The zero-order valence-electron chi connectivity index (χ0n) is 14.7. The molecule has 0 saturated heterocycles. The van der Waals surface area contributed by atoms with Gasteiger partial charge in [-0.05, 0) is 57.7 Å². The van der Waals surface area contributed by atoms with Crippen molar-refractivity contribution < 1.29 is 13.2 Å². The van der Waals surface area contributed by atoms with Gasteiger partial charge in [0.05, 0.1) is 22.6 Å². The minimum atomic E-state index is -2.97. The zero-order chi connectivity index (χ0) is 17.5. The molecule has 0 amide bonds. The Kier molecular flexibility index (Phi) is 7.88. The Bertz CT molecular complexity index is 589. The lowest BCUT2D eigenvalue weighted by Gasteiger charge is -2.18. The van der Waals surface area contributed by atoms with Crippen LogP contribution >= 0.6 is 11.6 Å². The summed E-state index contributed by atoms with van der Waals surface area (Å²) in [6, 6.07) is 5.89. The molecule has 0 fully saturated rings. The van der Waals surface area contributed by atoms with Gasteiger partial charge in [-0.15, -0.1) is 0 Å². The Morgan fingerprint density at radius 2 is 1.65 bits per heavy atom. The highest BCUT2D eigenvalue weighted by molar-refractivity contribution is 7.92. The fourth-order valence-corrected chi connectivity index (χ4v) is 3.80. The fourth-order valence-electron chi connectivity index (χ4n) is 2.32. The molecule has 0 aromatic heterocycles. The van der Waals surface area contributed by atoms with Crippen molar-refractivity contribution in [3.05, 3.63) is 28.8 Å². The van der Waals surface area contributed by atoms with E-state index in [2.05, 4.69) is 0 Å². The van der Waals surface area contributed by atoms with E-state index in [9.17, 15) is 8.42 Å². The zero-order valence-corrected chi connectivity index (χ0v) is 16.3. The van der Waals surface area contributed by atoms with Crippen molar-refractivity contribution in [1.29, 1.82) is 0 Å². The van der Waals surface area contributed by atoms with Crippen molar-refractivity contribution in [2.24, 2.45) is 0 Å². The van der Waals surface area contributed by atoms with Crippen LogP contribution in [0.15, 0.2) is 18.2 Å². The van der Waals surface area contributed by atoms with Crippen molar-refractivity contribution in [2.75, 3.05) is 12.9 Å². The van der Waals surface area contributed by atoms with Gasteiger partial charge in [0, 0.05) is 0 Å². The average molecular weight is 361 g/mol. The highest BCUT2D eigenvalue weighted by atomic mass is 35.5. The van der Waals surface area contributed by atoms with Crippen LogP contribution in [0.3, 0.4) is 0 Å². The molecular weight excluding hydrogens is 332 g/mol. The number of benzene rings is 1. The van der Waals surface area contributed by atoms with Crippen LogP contribution in [-0.4, -0.2) is 26.0 Å². The van der Waals surface area contributed by atoms with Crippen LogP contribution < -0.4 is 4.74 Å². The van der Waals surface area contributed by atoms with Crippen LogP contribution in [0.5, 0.6) is 5.75 Å². The number of sulfone groups is 1.